The van der Waals surface area contributed by atoms with Gasteiger partial charge in [-0.15, -0.1) is 0 Å². The van der Waals surface area contributed by atoms with Crippen LogP contribution < -0.4 is 5.73 Å². The van der Waals surface area contributed by atoms with Crippen molar-refractivity contribution in [1.82, 2.24) is 4.31 Å². The summed E-state index contributed by atoms with van der Waals surface area (Å²) in [6.45, 7) is 2.32. The first-order valence-corrected chi connectivity index (χ1v) is 5.69. The zero-order valence-electron chi connectivity index (χ0n) is 8.36. The molecule has 0 saturated heterocycles. The number of nitrogens with two attached hydrogens (primary N) is 1. The van der Waals surface area contributed by atoms with Crippen LogP contribution in [0.1, 0.15) is 6.92 Å². The van der Waals surface area contributed by atoms with E-state index in [4.69, 9.17) is 10.5 Å². The Kier molecular flexibility index (Phi) is 5.46. The van der Waals surface area contributed by atoms with Gasteiger partial charge in [-0.3, -0.25) is 0 Å². The monoisotopic (exact) mass is 210 g/mol. The highest BCUT2D eigenvalue weighted by molar-refractivity contribution is 7.89. The van der Waals surface area contributed by atoms with Crippen LogP contribution in [0.5, 0.6) is 0 Å². The molecule has 1 unspecified atom stereocenters. The lowest BCUT2D eigenvalue weighted by Crippen LogP contribution is -2.38. The minimum absolute atomic E-state index is 0.00667. The van der Waals surface area contributed by atoms with Crippen LogP contribution in [0, 0.1) is 0 Å². The summed E-state index contributed by atoms with van der Waals surface area (Å²) in [5.41, 5.74) is 5.48. The molecule has 6 heteroatoms. The molecule has 0 radical (unpaired) electrons. The Balaban J connectivity index is 4.12. The first-order valence-electron chi connectivity index (χ1n) is 4.08. The molecule has 5 nitrogen and oxygen atoms in total. The summed E-state index contributed by atoms with van der Waals surface area (Å²) in [7, 11) is -0.194. The van der Waals surface area contributed by atoms with Crippen molar-refractivity contribution >= 4 is 10.0 Å². The van der Waals surface area contributed by atoms with Gasteiger partial charge in [-0.25, -0.2) is 12.7 Å². The molecule has 0 aromatic rings. The fourth-order valence-corrected chi connectivity index (χ4v) is 2.01. The Morgan fingerprint density at radius 2 is 2.08 bits per heavy atom. The van der Waals surface area contributed by atoms with Gasteiger partial charge in [0.15, 0.2) is 0 Å². The Morgan fingerprint density at radius 3 is 2.46 bits per heavy atom. The predicted molar refractivity (Wildman–Crippen MR) is 51.9 cm³/mol. The molecule has 0 aromatic carbocycles. The molecule has 0 saturated carbocycles. The summed E-state index contributed by atoms with van der Waals surface area (Å²) in [5.74, 6) is 0.00667. The molecule has 1 atom stereocenters. The summed E-state index contributed by atoms with van der Waals surface area (Å²) in [4.78, 5) is 0. The van der Waals surface area contributed by atoms with Crippen LogP contribution in [0.3, 0.4) is 0 Å². The molecule has 0 amide bonds. The molecule has 2 N–H and O–H groups in total. The molecule has 0 aliphatic rings. The van der Waals surface area contributed by atoms with Gasteiger partial charge >= 0.3 is 0 Å². The average Bonchev–Trinajstić information content (AvgIpc) is 1.99. The molecule has 0 aliphatic carbocycles. The number of likely N-dealkylation sites (N-methyl/N-ethyl adjacent to an activating group) is 1. The quantitative estimate of drug-likeness (QED) is 0.625. The van der Waals surface area contributed by atoms with Crippen molar-refractivity contribution in [3.05, 3.63) is 0 Å². The minimum Gasteiger partial charge on any atom is -0.384 e. The second-order valence-electron chi connectivity index (χ2n) is 3.07. The lowest BCUT2D eigenvalue weighted by Gasteiger charge is -2.18. The number of nitrogens with zero attached hydrogens (tertiary/aromatic N) is 1. The highest BCUT2D eigenvalue weighted by Gasteiger charge is 2.17. The van der Waals surface area contributed by atoms with E-state index < -0.39 is 10.0 Å². The standard InChI is InChI=1S/C7H18N2O3S/c1-7(8)6-9(2)13(10,11)5-4-12-3/h7H,4-6,8H2,1-3H3. The third-order valence-electron chi connectivity index (χ3n) is 1.57. The van der Waals surface area contributed by atoms with Crippen molar-refractivity contribution in [3.63, 3.8) is 0 Å². The lowest BCUT2D eigenvalue weighted by molar-refractivity contribution is 0.215. The maximum absolute atomic E-state index is 11.4. The highest BCUT2D eigenvalue weighted by atomic mass is 32.2. The molecule has 0 spiro atoms. The van der Waals surface area contributed by atoms with Gasteiger partial charge in [0.25, 0.3) is 0 Å². The van der Waals surface area contributed by atoms with E-state index in [2.05, 4.69) is 0 Å². The van der Waals surface area contributed by atoms with Crippen molar-refractivity contribution in [1.29, 1.82) is 0 Å². The van der Waals surface area contributed by atoms with Gasteiger partial charge in [0.2, 0.25) is 10.0 Å². The van der Waals surface area contributed by atoms with Gasteiger partial charge in [0, 0.05) is 26.7 Å². The first kappa shape index (κ1) is 12.8. The topological polar surface area (TPSA) is 72.6 Å². The highest BCUT2D eigenvalue weighted by Crippen LogP contribution is 1.98. The number of rotatable bonds is 6. The molecule has 0 fully saturated rings. The second-order valence-corrected chi connectivity index (χ2v) is 5.26. The molecule has 13 heavy (non-hydrogen) atoms. The van der Waals surface area contributed by atoms with E-state index in [0.29, 0.717) is 6.54 Å². The van der Waals surface area contributed by atoms with Crippen LogP contribution in [0.25, 0.3) is 0 Å². The second kappa shape index (κ2) is 5.54. The fourth-order valence-electron chi connectivity index (χ4n) is 0.864. The van der Waals surface area contributed by atoms with Crippen LogP contribution in [0.4, 0.5) is 0 Å². The van der Waals surface area contributed by atoms with Crippen molar-refractivity contribution < 1.29 is 13.2 Å². The van der Waals surface area contributed by atoms with Crippen LogP contribution in [0.2, 0.25) is 0 Å². The van der Waals surface area contributed by atoms with E-state index in [1.807, 2.05) is 0 Å². The fraction of sp³-hybridized carbons (Fsp3) is 1.00. The first-order chi connectivity index (χ1) is 5.90. The Hall–Kier alpha value is -0.170. The van der Waals surface area contributed by atoms with Gasteiger partial charge in [0.05, 0.1) is 12.4 Å². The summed E-state index contributed by atoms with van der Waals surface area (Å²) in [6.07, 6.45) is 0. The summed E-state index contributed by atoms with van der Waals surface area (Å²) in [6, 6.07) is -0.151. The van der Waals surface area contributed by atoms with Crippen molar-refractivity contribution in [2.24, 2.45) is 5.73 Å². The molecule has 0 aromatic heterocycles. The van der Waals surface area contributed by atoms with E-state index in [0.717, 1.165) is 0 Å². The Labute approximate surface area is 79.9 Å². The third kappa shape index (κ3) is 5.20. The number of hydrogen-bond acceptors (Lipinski definition) is 4. The number of sulfonamides is 1. The maximum atomic E-state index is 11.4. The predicted octanol–water partition coefficient (Wildman–Crippen LogP) is -0.758. The van der Waals surface area contributed by atoms with Crippen molar-refractivity contribution in [2.45, 2.75) is 13.0 Å². The van der Waals surface area contributed by atoms with E-state index >= 15 is 0 Å². The largest absolute Gasteiger partial charge is 0.384 e. The zero-order valence-corrected chi connectivity index (χ0v) is 9.17. The summed E-state index contributed by atoms with van der Waals surface area (Å²) in [5, 5.41) is 0. The van der Waals surface area contributed by atoms with Gasteiger partial charge in [-0.05, 0) is 6.92 Å². The average molecular weight is 210 g/mol. The number of ether oxygens (including phenoxy) is 1. The SMILES string of the molecule is COCCS(=O)(=O)N(C)CC(C)N. The molecule has 80 valence electrons. The van der Waals surface area contributed by atoms with Gasteiger partial charge < -0.3 is 10.5 Å². The third-order valence-corrected chi connectivity index (χ3v) is 3.35. The van der Waals surface area contributed by atoms with Crippen LogP contribution in [-0.2, 0) is 14.8 Å². The summed E-state index contributed by atoms with van der Waals surface area (Å²) >= 11 is 0. The number of hydrogen-bond donors (Lipinski definition) is 1. The summed E-state index contributed by atoms with van der Waals surface area (Å²) < 4.78 is 28.8. The van der Waals surface area contributed by atoms with Crippen LogP contribution in [-0.4, -0.2) is 51.8 Å². The van der Waals surface area contributed by atoms with Gasteiger partial charge in [0.1, 0.15) is 0 Å². The van der Waals surface area contributed by atoms with E-state index in [9.17, 15) is 8.42 Å². The van der Waals surface area contributed by atoms with Gasteiger partial charge in [-0.1, -0.05) is 0 Å². The van der Waals surface area contributed by atoms with E-state index in [-0.39, 0.29) is 18.4 Å². The molecule has 0 aliphatic heterocycles. The van der Waals surface area contributed by atoms with E-state index in [1.54, 1.807) is 6.92 Å². The smallest absolute Gasteiger partial charge is 0.216 e. The molecule has 0 heterocycles. The van der Waals surface area contributed by atoms with Crippen molar-refractivity contribution in [2.75, 3.05) is 33.1 Å². The Morgan fingerprint density at radius 1 is 1.54 bits per heavy atom. The molecule has 0 bridgehead atoms. The number of methoxy groups -OCH3 is 1. The van der Waals surface area contributed by atoms with Crippen LogP contribution >= 0.6 is 0 Å². The molecule has 0 rings (SSSR count). The van der Waals surface area contributed by atoms with Gasteiger partial charge in [-0.2, -0.15) is 0 Å². The Bertz CT molecular complexity index is 226. The normalized spacial score (nSPS) is 14.8. The zero-order chi connectivity index (χ0) is 10.5. The lowest BCUT2D eigenvalue weighted by atomic mass is 10.4. The van der Waals surface area contributed by atoms with Crippen molar-refractivity contribution in [3.8, 4) is 0 Å². The maximum Gasteiger partial charge on any atom is 0.216 e. The van der Waals surface area contributed by atoms with E-state index in [1.165, 1.54) is 18.5 Å². The molecular formula is C7H18N2O3S. The van der Waals surface area contributed by atoms with Crippen LogP contribution in [0.15, 0.2) is 0 Å². The molecular weight excluding hydrogens is 192 g/mol. The minimum atomic E-state index is -3.19.